The molecule has 0 amide bonds. The van der Waals surface area contributed by atoms with Crippen LogP contribution in [-0.2, 0) is 4.74 Å². The van der Waals surface area contributed by atoms with Crippen LogP contribution in [0.5, 0.6) is 0 Å². The van der Waals surface area contributed by atoms with Crippen LogP contribution in [0.4, 0.5) is 0 Å². The summed E-state index contributed by atoms with van der Waals surface area (Å²) in [4.78, 5) is 2.65. The van der Waals surface area contributed by atoms with Crippen molar-refractivity contribution in [3.63, 3.8) is 0 Å². The largest absolute Gasteiger partial charge is 0.381 e. The quantitative estimate of drug-likeness (QED) is 0.916. The van der Waals surface area contributed by atoms with E-state index in [9.17, 15) is 0 Å². The summed E-state index contributed by atoms with van der Waals surface area (Å²) in [7, 11) is 0. The van der Waals surface area contributed by atoms with E-state index >= 15 is 0 Å². The molecule has 3 rings (SSSR count). The highest BCUT2D eigenvalue weighted by atomic mass is 16.5. The first-order valence-corrected chi connectivity index (χ1v) is 7.76. The van der Waals surface area contributed by atoms with Crippen LogP contribution in [0.1, 0.15) is 31.9 Å². The van der Waals surface area contributed by atoms with Gasteiger partial charge in [-0.2, -0.15) is 0 Å². The maximum Gasteiger partial charge on any atom is 0.0507 e. The Morgan fingerprint density at radius 1 is 1.30 bits per heavy atom. The molecule has 1 aromatic carbocycles. The number of hydrogen-bond donors (Lipinski definition) is 1. The smallest absolute Gasteiger partial charge is 0.0507 e. The third-order valence-electron chi connectivity index (χ3n) is 4.74. The number of nitrogens with one attached hydrogen (secondary N) is 1. The van der Waals surface area contributed by atoms with Crippen molar-refractivity contribution >= 4 is 0 Å². The SMILES string of the molecule is CC1(C)CNC(c2ccccc2)CN1CC1CCOC1. The number of hydrogen-bond acceptors (Lipinski definition) is 3. The number of rotatable bonds is 3. The van der Waals surface area contributed by atoms with Gasteiger partial charge in [0.1, 0.15) is 0 Å². The van der Waals surface area contributed by atoms with Gasteiger partial charge in [0, 0.05) is 37.8 Å². The Balaban J connectivity index is 1.69. The molecule has 0 aliphatic carbocycles. The molecule has 2 saturated heterocycles. The van der Waals surface area contributed by atoms with Crippen LogP contribution in [0.2, 0.25) is 0 Å². The van der Waals surface area contributed by atoms with Crippen molar-refractivity contribution in [1.29, 1.82) is 0 Å². The molecule has 2 fully saturated rings. The first-order valence-electron chi connectivity index (χ1n) is 7.76. The lowest BCUT2D eigenvalue weighted by Crippen LogP contribution is -2.59. The molecule has 1 N–H and O–H groups in total. The van der Waals surface area contributed by atoms with E-state index < -0.39 is 0 Å². The van der Waals surface area contributed by atoms with Gasteiger partial charge >= 0.3 is 0 Å². The fraction of sp³-hybridized carbons (Fsp3) is 0.647. The Hall–Kier alpha value is -0.900. The van der Waals surface area contributed by atoms with E-state index in [0.717, 1.165) is 32.8 Å². The molecule has 0 bridgehead atoms. The lowest BCUT2D eigenvalue weighted by Gasteiger charge is -2.47. The Morgan fingerprint density at radius 2 is 2.10 bits per heavy atom. The maximum atomic E-state index is 5.54. The lowest BCUT2D eigenvalue weighted by atomic mass is 9.92. The molecule has 110 valence electrons. The molecule has 2 aliphatic heterocycles. The van der Waals surface area contributed by atoms with Gasteiger partial charge in [-0.15, -0.1) is 0 Å². The fourth-order valence-corrected chi connectivity index (χ4v) is 3.29. The Kier molecular flexibility index (Phi) is 4.11. The maximum absolute atomic E-state index is 5.54. The number of nitrogens with zero attached hydrogens (tertiary/aromatic N) is 1. The second-order valence-electron chi connectivity index (χ2n) is 6.79. The molecule has 0 aromatic heterocycles. The van der Waals surface area contributed by atoms with Crippen molar-refractivity contribution in [2.45, 2.75) is 31.8 Å². The van der Waals surface area contributed by atoms with Gasteiger partial charge in [0.2, 0.25) is 0 Å². The molecular formula is C17H26N2O. The first kappa shape index (κ1) is 14.1. The van der Waals surface area contributed by atoms with Crippen molar-refractivity contribution in [2.75, 3.05) is 32.8 Å². The van der Waals surface area contributed by atoms with Crippen molar-refractivity contribution in [1.82, 2.24) is 10.2 Å². The molecule has 3 heteroatoms. The van der Waals surface area contributed by atoms with Crippen molar-refractivity contribution < 1.29 is 4.74 Å². The Bertz CT molecular complexity index is 426. The van der Waals surface area contributed by atoms with Crippen molar-refractivity contribution in [2.24, 2.45) is 5.92 Å². The molecule has 3 nitrogen and oxygen atoms in total. The van der Waals surface area contributed by atoms with Gasteiger partial charge in [0.25, 0.3) is 0 Å². The highest BCUT2D eigenvalue weighted by molar-refractivity contribution is 5.20. The molecular weight excluding hydrogens is 248 g/mol. The summed E-state index contributed by atoms with van der Waals surface area (Å²) in [5.41, 5.74) is 1.63. The minimum Gasteiger partial charge on any atom is -0.381 e. The second kappa shape index (κ2) is 5.84. The standard InChI is InChI=1S/C17H26N2O/c1-17(2)13-18-16(15-6-4-3-5-7-15)11-19(17)10-14-8-9-20-12-14/h3-7,14,16,18H,8-13H2,1-2H3. The summed E-state index contributed by atoms with van der Waals surface area (Å²) in [6.45, 7) is 9.87. The number of ether oxygens (including phenoxy) is 1. The van der Waals surface area contributed by atoms with E-state index in [2.05, 4.69) is 54.4 Å². The topological polar surface area (TPSA) is 24.5 Å². The first-order chi connectivity index (χ1) is 9.65. The van der Waals surface area contributed by atoms with Crippen molar-refractivity contribution in [3.8, 4) is 0 Å². The fourth-order valence-electron chi connectivity index (χ4n) is 3.29. The minimum atomic E-state index is 0.230. The molecule has 1 aromatic rings. The van der Waals surface area contributed by atoms with Crippen LogP contribution in [0.3, 0.4) is 0 Å². The summed E-state index contributed by atoms with van der Waals surface area (Å²) in [6.07, 6.45) is 1.22. The van der Waals surface area contributed by atoms with E-state index in [1.54, 1.807) is 0 Å². The van der Waals surface area contributed by atoms with Crippen LogP contribution in [0.25, 0.3) is 0 Å². The molecule has 2 unspecified atom stereocenters. The molecule has 20 heavy (non-hydrogen) atoms. The van der Waals surface area contributed by atoms with Gasteiger partial charge in [-0.3, -0.25) is 4.90 Å². The zero-order chi connectivity index (χ0) is 14.0. The Labute approximate surface area is 122 Å². The van der Waals surface area contributed by atoms with Crippen LogP contribution in [0, 0.1) is 5.92 Å². The minimum absolute atomic E-state index is 0.230. The summed E-state index contributed by atoms with van der Waals surface area (Å²) in [5.74, 6) is 0.712. The van der Waals surface area contributed by atoms with Crippen LogP contribution in [0.15, 0.2) is 30.3 Å². The average molecular weight is 274 g/mol. The zero-order valence-corrected chi connectivity index (χ0v) is 12.6. The van der Waals surface area contributed by atoms with Gasteiger partial charge in [-0.25, -0.2) is 0 Å². The van der Waals surface area contributed by atoms with Gasteiger partial charge in [-0.1, -0.05) is 30.3 Å². The summed E-state index contributed by atoms with van der Waals surface area (Å²) >= 11 is 0. The second-order valence-corrected chi connectivity index (χ2v) is 6.79. The van der Waals surface area contributed by atoms with Crippen molar-refractivity contribution in [3.05, 3.63) is 35.9 Å². The predicted octanol–water partition coefficient (Wildman–Crippen LogP) is 2.45. The van der Waals surface area contributed by atoms with E-state index in [0.29, 0.717) is 12.0 Å². The molecule has 2 aliphatic rings. The van der Waals surface area contributed by atoms with Gasteiger partial charge in [0.15, 0.2) is 0 Å². The zero-order valence-electron chi connectivity index (χ0n) is 12.6. The van der Waals surface area contributed by atoms with Gasteiger partial charge in [-0.05, 0) is 31.7 Å². The van der Waals surface area contributed by atoms with E-state index in [1.807, 2.05) is 0 Å². The highest BCUT2D eigenvalue weighted by Gasteiger charge is 2.36. The molecule has 2 heterocycles. The summed E-state index contributed by atoms with van der Waals surface area (Å²) < 4.78 is 5.54. The van der Waals surface area contributed by atoms with Gasteiger partial charge in [0.05, 0.1) is 6.61 Å². The van der Waals surface area contributed by atoms with E-state index in [-0.39, 0.29) is 5.54 Å². The average Bonchev–Trinajstić information content (AvgIpc) is 2.95. The predicted molar refractivity (Wildman–Crippen MR) is 81.8 cm³/mol. The van der Waals surface area contributed by atoms with Crippen LogP contribution in [-0.4, -0.2) is 43.3 Å². The monoisotopic (exact) mass is 274 g/mol. The van der Waals surface area contributed by atoms with Gasteiger partial charge < -0.3 is 10.1 Å². The number of piperazine rings is 1. The molecule has 0 spiro atoms. The van der Waals surface area contributed by atoms with Crippen LogP contribution >= 0.6 is 0 Å². The van der Waals surface area contributed by atoms with E-state index in [4.69, 9.17) is 4.74 Å². The molecule has 0 saturated carbocycles. The summed E-state index contributed by atoms with van der Waals surface area (Å²) in [5, 5.41) is 3.71. The highest BCUT2D eigenvalue weighted by Crippen LogP contribution is 2.28. The molecule has 0 radical (unpaired) electrons. The third-order valence-corrected chi connectivity index (χ3v) is 4.74. The summed E-state index contributed by atoms with van der Waals surface area (Å²) in [6, 6.07) is 11.3. The molecule has 2 atom stereocenters. The third kappa shape index (κ3) is 3.05. The normalized spacial score (nSPS) is 30.5. The van der Waals surface area contributed by atoms with E-state index in [1.165, 1.54) is 12.0 Å². The Morgan fingerprint density at radius 3 is 2.80 bits per heavy atom. The van der Waals surface area contributed by atoms with Crippen LogP contribution < -0.4 is 5.32 Å². The lowest BCUT2D eigenvalue weighted by molar-refractivity contribution is 0.0476. The number of benzene rings is 1.